The summed E-state index contributed by atoms with van der Waals surface area (Å²) in [7, 11) is -3.81. The molecule has 2 aliphatic rings. The first-order valence-electron chi connectivity index (χ1n) is 12.6. The van der Waals surface area contributed by atoms with Crippen LogP contribution in [0.5, 0.6) is 5.75 Å². The van der Waals surface area contributed by atoms with E-state index in [0.29, 0.717) is 22.2 Å². The van der Waals surface area contributed by atoms with Crippen molar-refractivity contribution < 1.29 is 27.8 Å². The smallest absolute Gasteiger partial charge is 0.410 e. The molecular weight excluding hydrogens is 521 g/mol. The molecule has 11 nitrogen and oxygen atoms in total. The fraction of sp³-hybridized carbons (Fsp3) is 0.370. The average Bonchev–Trinajstić information content (AvgIpc) is 3.56. The molecule has 6 rings (SSSR count). The highest BCUT2D eigenvalue weighted by atomic mass is 31.2. The average molecular weight is 552 g/mol. The van der Waals surface area contributed by atoms with Crippen molar-refractivity contribution in [3.8, 4) is 5.75 Å². The zero-order valence-electron chi connectivity index (χ0n) is 22.1. The first kappa shape index (κ1) is 25.9. The van der Waals surface area contributed by atoms with Crippen LogP contribution in [0, 0.1) is 13.8 Å². The van der Waals surface area contributed by atoms with Crippen LogP contribution in [0.3, 0.4) is 0 Å². The van der Waals surface area contributed by atoms with Gasteiger partial charge < -0.3 is 24.5 Å². The Bertz CT molecular complexity index is 1560. The van der Waals surface area contributed by atoms with Gasteiger partial charge in [0, 0.05) is 0 Å². The lowest BCUT2D eigenvalue weighted by Crippen LogP contribution is -2.33. The molecular formula is C27H30N5O6P. The second kappa shape index (κ2) is 9.69. The van der Waals surface area contributed by atoms with Gasteiger partial charge in [-0.15, -0.1) is 0 Å². The van der Waals surface area contributed by atoms with Crippen LogP contribution < -0.4 is 15.6 Å². The Morgan fingerprint density at radius 2 is 1.82 bits per heavy atom. The van der Waals surface area contributed by atoms with E-state index in [9.17, 15) is 4.57 Å². The highest BCUT2D eigenvalue weighted by molar-refractivity contribution is 7.62. The Morgan fingerprint density at radius 3 is 2.59 bits per heavy atom. The van der Waals surface area contributed by atoms with E-state index < -0.39 is 37.9 Å². The molecule has 12 heteroatoms. The maximum Gasteiger partial charge on any atom is 0.410 e. The van der Waals surface area contributed by atoms with Crippen molar-refractivity contribution in [2.45, 2.75) is 58.0 Å². The third-order valence-corrected chi connectivity index (χ3v) is 8.67. The van der Waals surface area contributed by atoms with Gasteiger partial charge in [0.25, 0.3) is 0 Å². The number of fused-ring (bicyclic) bond motifs is 2. The first-order chi connectivity index (χ1) is 18.6. The van der Waals surface area contributed by atoms with Crippen LogP contribution in [0.1, 0.15) is 31.2 Å². The molecule has 2 aromatic heterocycles. The Balaban J connectivity index is 1.30. The van der Waals surface area contributed by atoms with Crippen molar-refractivity contribution >= 4 is 29.9 Å². The van der Waals surface area contributed by atoms with E-state index >= 15 is 0 Å². The molecule has 5 atom stereocenters. The van der Waals surface area contributed by atoms with E-state index in [1.807, 2.05) is 45.9 Å². The van der Waals surface area contributed by atoms with Crippen LogP contribution in [0.15, 0.2) is 61.2 Å². The molecule has 204 valence electrons. The second-order valence-electron chi connectivity index (χ2n) is 10.2. The highest BCUT2D eigenvalue weighted by Gasteiger charge is 2.56. The van der Waals surface area contributed by atoms with E-state index in [-0.39, 0.29) is 12.4 Å². The van der Waals surface area contributed by atoms with Gasteiger partial charge in [-0.2, -0.15) is 0 Å². The number of rotatable bonds is 7. The topological polar surface area (TPSA) is 133 Å². The van der Waals surface area contributed by atoms with Crippen LogP contribution in [-0.4, -0.2) is 50.2 Å². The molecule has 0 spiro atoms. The molecule has 2 aliphatic heterocycles. The summed E-state index contributed by atoms with van der Waals surface area (Å²) in [6.07, 6.45) is 0.692. The summed E-state index contributed by atoms with van der Waals surface area (Å²) in [5.74, 6) is -0.109. The molecule has 0 saturated carbocycles. The number of aromatic nitrogens is 4. The lowest BCUT2D eigenvalue weighted by Gasteiger charge is -2.26. The quantitative estimate of drug-likeness (QED) is 0.335. The largest absolute Gasteiger partial charge is 0.421 e. The van der Waals surface area contributed by atoms with Crippen LogP contribution in [0.2, 0.25) is 0 Å². The second-order valence-corrected chi connectivity index (χ2v) is 12.2. The Labute approximate surface area is 225 Å². The summed E-state index contributed by atoms with van der Waals surface area (Å²) in [5, 5.41) is 0.438. The fourth-order valence-electron chi connectivity index (χ4n) is 5.04. The molecule has 2 fully saturated rings. The number of aryl methyl sites for hydroxylation is 2. The van der Waals surface area contributed by atoms with Crippen LogP contribution >= 0.6 is 7.60 Å². The van der Waals surface area contributed by atoms with E-state index in [1.165, 1.54) is 6.33 Å². The number of imidazole rings is 1. The third kappa shape index (κ3) is 4.81. The monoisotopic (exact) mass is 551 g/mol. The van der Waals surface area contributed by atoms with Gasteiger partial charge in [-0.3, -0.25) is 9.09 Å². The first-order valence-corrected chi connectivity index (χ1v) is 14.2. The summed E-state index contributed by atoms with van der Waals surface area (Å²) in [5.41, 5.74) is 8.89. The van der Waals surface area contributed by atoms with Crippen molar-refractivity contribution in [1.29, 1.82) is 0 Å². The molecule has 0 bridgehead atoms. The Kier molecular flexibility index (Phi) is 6.44. The molecule has 2 aromatic carbocycles. The van der Waals surface area contributed by atoms with Crippen molar-refractivity contribution in [3.63, 3.8) is 0 Å². The minimum atomic E-state index is -3.81. The Hall–Kier alpha value is -3.34. The minimum absolute atomic E-state index is 0.0715. The number of hydrogen-bond acceptors (Lipinski definition) is 10. The normalized spacial score (nSPS) is 25.4. The molecule has 0 radical (unpaired) electrons. The predicted octanol–water partition coefficient (Wildman–Crippen LogP) is 4.06. The molecule has 0 amide bonds. The van der Waals surface area contributed by atoms with Crippen molar-refractivity contribution in [2.75, 3.05) is 12.3 Å². The molecule has 39 heavy (non-hydrogen) atoms. The van der Waals surface area contributed by atoms with Gasteiger partial charge in [-0.1, -0.05) is 35.9 Å². The van der Waals surface area contributed by atoms with Gasteiger partial charge in [0.15, 0.2) is 23.5 Å². The number of ether oxygens (including phenoxy) is 3. The number of nitrogen functional groups attached to an aromatic ring is 1. The van der Waals surface area contributed by atoms with E-state index in [0.717, 1.165) is 11.1 Å². The summed E-state index contributed by atoms with van der Waals surface area (Å²) < 4.78 is 47.2. The molecule has 4 heterocycles. The molecule has 2 saturated heterocycles. The van der Waals surface area contributed by atoms with Crippen molar-refractivity contribution in [2.24, 2.45) is 0 Å². The molecule has 0 aliphatic carbocycles. The number of anilines is 1. The summed E-state index contributed by atoms with van der Waals surface area (Å²) in [4.78, 5) is 12.7. The number of benzene rings is 2. The number of nitrogens with zero attached hydrogens (tertiary/aromatic N) is 4. The van der Waals surface area contributed by atoms with E-state index in [2.05, 4.69) is 15.0 Å². The lowest BCUT2D eigenvalue weighted by atomic mass is 10.1. The molecule has 0 unspecified atom stereocenters. The Morgan fingerprint density at radius 1 is 1.05 bits per heavy atom. The van der Waals surface area contributed by atoms with Gasteiger partial charge in [0.1, 0.15) is 35.9 Å². The summed E-state index contributed by atoms with van der Waals surface area (Å²) in [6.45, 7) is 7.50. The van der Waals surface area contributed by atoms with E-state index in [1.54, 1.807) is 41.2 Å². The van der Waals surface area contributed by atoms with E-state index in [4.69, 9.17) is 29.0 Å². The molecule has 2 N–H and O–H groups in total. The highest BCUT2D eigenvalue weighted by Crippen LogP contribution is 2.50. The maximum absolute atomic E-state index is 14.3. The fourth-order valence-corrected chi connectivity index (χ4v) is 6.69. The zero-order chi connectivity index (χ0) is 27.4. The summed E-state index contributed by atoms with van der Waals surface area (Å²) >= 11 is 0. The van der Waals surface area contributed by atoms with Crippen LogP contribution in [-0.2, 0) is 23.3 Å². The minimum Gasteiger partial charge on any atom is -0.421 e. The lowest BCUT2D eigenvalue weighted by molar-refractivity contribution is -0.199. The zero-order valence-corrected chi connectivity index (χ0v) is 22.9. The van der Waals surface area contributed by atoms with Gasteiger partial charge >= 0.3 is 7.60 Å². The van der Waals surface area contributed by atoms with Crippen LogP contribution in [0.25, 0.3) is 11.2 Å². The van der Waals surface area contributed by atoms with Gasteiger partial charge in [0.05, 0.1) is 18.2 Å². The molecule has 4 aromatic rings. The predicted molar refractivity (Wildman–Crippen MR) is 144 cm³/mol. The summed E-state index contributed by atoms with van der Waals surface area (Å²) in [6, 6.07) is 14.6. The standard InChI is InChI=1S/C27H30N5O6P/c1-16-10-11-19(17(2)12-16)38-39(33,18-8-6-5-7-9-18)34-13-20-22-23(37-27(3,4)36-22)26(35-20)32-15-31-21-24(28)29-14-30-25(21)32/h5-12,14-15,20,22-23,26H,13H2,1-4H3,(H2,28,29,30)/t20-,22-,23-,26-,39-/m1/s1. The van der Waals surface area contributed by atoms with Gasteiger partial charge in [-0.05, 0) is 51.5 Å². The van der Waals surface area contributed by atoms with Gasteiger partial charge in [0.2, 0.25) is 0 Å². The van der Waals surface area contributed by atoms with Crippen molar-refractivity contribution in [3.05, 3.63) is 72.3 Å². The number of nitrogens with two attached hydrogens (primary N) is 1. The van der Waals surface area contributed by atoms with Crippen molar-refractivity contribution in [1.82, 2.24) is 19.5 Å². The van der Waals surface area contributed by atoms with Crippen LogP contribution in [0.4, 0.5) is 5.82 Å². The maximum atomic E-state index is 14.3. The number of hydrogen-bond donors (Lipinski definition) is 1. The SMILES string of the molecule is Cc1ccc(O[P@](=O)(OC[C@H]2O[C@@H](n3cnc4c(N)ncnc43)[C@@H]3OC(C)(C)O[C@@H]32)c2ccccc2)c(C)c1. The third-order valence-electron chi connectivity index (χ3n) is 6.82. The van der Waals surface area contributed by atoms with Gasteiger partial charge in [-0.25, -0.2) is 19.5 Å².